The first-order valence-corrected chi connectivity index (χ1v) is 14.2. The molecule has 0 bridgehead atoms. The predicted molar refractivity (Wildman–Crippen MR) is 139 cm³/mol. The van der Waals surface area contributed by atoms with Gasteiger partial charge in [-0.2, -0.15) is 17.5 Å². The van der Waals surface area contributed by atoms with Gasteiger partial charge in [0.25, 0.3) is 0 Å². The maximum atomic E-state index is 13.6. The number of nitrogens with zero attached hydrogens (tertiary/aromatic N) is 3. The molecule has 0 aliphatic carbocycles. The van der Waals surface area contributed by atoms with Crippen LogP contribution in [0.25, 0.3) is 0 Å². The fourth-order valence-electron chi connectivity index (χ4n) is 5.44. The Morgan fingerprint density at radius 1 is 0.974 bits per heavy atom. The molecule has 2 aromatic carbocycles. The Hall–Kier alpha value is -3.28. The van der Waals surface area contributed by atoms with E-state index in [1.54, 1.807) is 6.20 Å². The Labute approximate surface area is 225 Å². The Balaban J connectivity index is 1.36. The van der Waals surface area contributed by atoms with Crippen molar-refractivity contribution in [1.29, 1.82) is 0 Å². The van der Waals surface area contributed by atoms with Gasteiger partial charge in [0.15, 0.2) is 0 Å². The molecular weight excluding hydrogens is 529 g/mol. The van der Waals surface area contributed by atoms with Gasteiger partial charge in [-0.05, 0) is 55.2 Å². The van der Waals surface area contributed by atoms with E-state index >= 15 is 0 Å². The number of carbonyl (C=O) groups excluding carboxylic acids is 1. The lowest BCUT2D eigenvalue weighted by atomic mass is 9.97. The zero-order valence-electron chi connectivity index (χ0n) is 21.1. The van der Waals surface area contributed by atoms with Gasteiger partial charge in [-0.25, -0.2) is 8.42 Å². The van der Waals surface area contributed by atoms with E-state index in [0.717, 1.165) is 23.4 Å². The number of benzene rings is 2. The second-order valence-electron chi connectivity index (χ2n) is 9.91. The Morgan fingerprint density at radius 2 is 1.69 bits per heavy atom. The largest absolute Gasteiger partial charge is 0.416 e. The number of rotatable bonds is 7. The number of piperidine rings is 1. The van der Waals surface area contributed by atoms with Crippen molar-refractivity contribution in [2.24, 2.45) is 0 Å². The van der Waals surface area contributed by atoms with Crippen LogP contribution in [0.5, 0.6) is 0 Å². The van der Waals surface area contributed by atoms with Crippen LogP contribution in [0.4, 0.5) is 13.2 Å². The smallest absolute Gasteiger partial charge is 0.323 e. The summed E-state index contributed by atoms with van der Waals surface area (Å²) in [6, 6.07) is 18.6. The zero-order chi connectivity index (χ0) is 27.7. The van der Waals surface area contributed by atoms with E-state index in [9.17, 15) is 26.4 Å². The third-order valence-electron chi connectivity index (χ3n) is 7.47. The quantitative estimate of drug-likeness (QED) is 0.476. The zero-order valence-corrected chi connectivity index (χ0v) is 22.0. The minimum atomic E-state index is -4.65. The predicted octanol–water partition coefficient (Wildman–Crippen LogP) is 3.87. The van der Waals surface area contributed by atoms with Crippen LogP contribution in [0.2, 0.25) is 0 Å². The van der Waals surface area contributed by atoms with Crippen molar-refractivity contribution in [2.75, 3.05) is 19.6 Å². The van der Waals surface area contributed by atoms with E-state index in [1.807, 2.05) is 53.4 Å². The Kier molecular flexibility index (Phi) is 7.49. The number of alkyl halides is 3. The van der Waals surface area contributed by atoms with Crippen LogP contribution in [-0.4, -0.2) is 59.9 Å². The van der Waals surface area contributed by atoms with Gasteiger partial charge in [-0.3, -0.25) is 15.1 Å². The van der Waals surface area contributed by atoms with Crippen molar-refractivity contribution >= 4 is 15.9 Å². The molecule has 1 spiro atoms. The lowest BCUT2D eigenvalue weighted by Gasteiger charge is -2.44. The number of halogens is 3. The minimum absolute atomic E-state index is 0.0519. The van der Waals surface area contributed by atoms with Crippen LogP contribution in [0, 0.1) is 0 Å². The average Bonchev–Trinajstić information content (AvgIpc) is 3.17. The number of carbonyl (C=O) groups is 1. The molecule has 0 saturated carbocycles. The number of nitrogens with one attached hydrogen (secondary N) is 1. The Bertz CT molecular complexity index is 1410. The summed E-state index contributed by atoms with van der Waals surface area (Å²) in [6.45, 7) is 0.544. The molecule has 11 heteroatoms. The number of amides is 1. The van der Waals surface area contributed by atoms with Crippen LogP contribution in [-0.2, 0) is 33.8 Å². The second kappa shape index (κ2) is 10.7. The molecule has 1 atom stereocenters. The minimum Gasteiger partial charge on any atom is -0.323 e. The van der Waals surface area contributed by atoms with Gasteiger partial charge in [0.1, 0.15) is 0 Å². The summed E-state index contributed by atoms with van der Waals surface area (Å²) in [4.78, 5) is 19.4. The molecule has 3 aromatic rings. The number of hydrogen-bond acceptors (Lipinski definition) is 5. The first-order valence-electron chi connectivity index (χ1n) is 12.8. The van der Waals surface area contributed by atoms with E-state index in [1.165, 1.54) is 10.4 Å². The first kappa shape index (κ1) is 27.3. The highest BCUT2D eigenvalue weighted by Gasteiger charge is 2.52. The third kappa shape index (κ3) is 5.70. The maximum Gasteiger partial charge on any atom is 0.416 e. The summed E-state index contributed by atoms with van der Waals surface area (Å²) in [7, 11) is -4.15. The fraction of sp³-hybridized carbons (Fsp3) is 0.357. The standard InChI is InChI=1S/C28H29F3N4O3S/c29-28(30,31)22-9-6-11-24(20-22)39(37,38)34-17-13-27(14-18-34)33-25(19-21-7-2-1-3-8-21)26(36)35(27)16-12-23-10-4-5-15-32-23/h1-11,15,20,25,33H,12-14,16-19H2. The third-order valence-corrected chi connectivity index (χ3v) is 9.37. The van der Waals surface area contributed by atoms with E-state index in [4.69, 9.17) is 0 Å². The van der Waals surface area contributed by atoms with Crippen molar-refractivity contribution < 1.29 is 26.4 Å². The van der Waals surface area contributed by atoms with Crippen molar-refractivity contribution in [3.63, 3.8) is 0 Å². The molecule has 2 fully saturated rings. The van der Waals surface area contributed by atoms with Crippen molar-refractivity contribution in [3.8, 4) is 0 Å². The monoisotopic (exact) mass is 558 g/mol. The fourth-order valence-corrected chi connectivity index (χ4v) is 6.93. The van der Waals surface area contributed by atoms with E-state index in [-0.39, 0.29) is 19.0 Å². The van der Waals surface area contributed by atoms with Gasteiger partial charge in [-0.15, -0.1) is 0 Å². The highest BCUT2D eigenvalue weighted by Crippen LogP contribution is 2.36. The number of sulfonamides is 1. The van der Waals surface area contributed by atoms with E-state index in [2.05, 4.69) is 10.3 Å². The summed E-state index contributed by atoms with van der Waals surface area (Å²) in [6.07, 6.45) is -1.29. The molecule has 1 N–H and O–H groups in total. The molecule has 1 amide bonds. The lowest BCUT2D eigenvalue weighted by Crippen LogP contribution is -2.59. The topological polar surface area (TPSA) is 82.6 Å². The normalized spacial score (nSPS) is 20.0. The van der Waals surface area contributed by atoms with Gasteiger partial charge >= 0.3 is 6.18 Å². The molecule has 39 heavy (non-hydrogen) atoms. The van der Waals surface area contributed by atoms with Crippen LogP contribution < -0.4 is 5.32 Å². The number of aromatic nitrogens is 1. The average molecular weight is 559 g/mol. The molecule has 5 rings (SSSR count). The van der Waals surface area contributed by atoms with Crippen molar-refractivity contribution in [1.82, 2.24) is 19.5 Å². The summed E-state index contributed by atoms with van der Waals surface area (Å²) in [5, 5.41) is 3.52. The van der Waals surface area contributed by atoms with Gasteiger partial charge in [-0.1, -0.05) is 42.5 Å². The summed E-state index contributed by atoms with van der Waals surface area (Å²) in [5.41, 5.74) is 0.0845. The Morgan fingerprint density at radius 3 is 2.36 bits per heavy atom. The molecule has 2 saturated heterocycles. The molecule has 0 radical (unpaired) electrons. The van der Waals surface area contributed by atoms with Gasteiger partial charge in [0.2, 0.25) is 15.9 Å². The van der Waals surface area contributed by atoms with Crippen LogP contribution >= 0.6 is 0 Å². The van der Waals surface area contributed by atoms with Crippen LogP contribution in [0.15, 0.2) is 83.9 Å². The lowest BCUT2D eigenvalue weighted by molar-refractivity contribution is -0.137. The number of hydrogen-bond donors (Lipinski definition) is 1. The molecule has 2 aliphatic heterocycles. The molecular formula is C28H29F3N4O3S. The highest BCUT2D eigenvalue weighted by atomic mass is 32.2. The molecule has 1 aromatic heterocycles. The van der Waals surface area contributed by atoms with Crippen molar-refractivity contribution in [3.05, 3.63) is 95.8 Å². The van der Waals surface area contributed by atoms with Gasteiger partial charge in [0.05, 0.1) is 22.2 Å². The maximum absolute atomic E-state index is 13.6. The van der Waals surface area contributed by atoms with E-state index < -0.39 is 38.4 Å². The molecule has 7 nitrogen and oxygen atoms in total. The van der Waals surface area contributed by atoms with E-state index in [0.29, 0.717) is 38.3 Å². The molecule has 1 unspecified atom stereocenters. The van der Waals surface area contributed by atoms with Crippen LogP contribution in [0.1, 0.15) is 29.7 Å². The SMILES string of the molecule is O=C1C(Cc2ccccc2)NC2(CCN(S(=O)(=O)c3cccc(C(F)(F)F)c3)CC2)N1CCc1ccccn1. The first-order chi connectivity index (χ1) is 18.6. The van der Waals surface area contributed by atoms with Crippen molar-refractivity contribution in [2.45, 2.75) is 48.5 Å². The molecule has 3 heterocycles. The van der Waals surface area contributed by atoms with Gasteiger partial charge < -0.3 is 4.90 Å². The molecule has 2 aliphatic rings. The highest BCUT2D eigenvalue weighted by molar-refractivity contribution is 7.89. The summed E-state index contributed by atoms with van der Waals surface area (Å²) < 4.78 is 67.4. The molecule has 206 valence electrons. The van der Waals surface area contributed by atoms with Gasteiger partial charge in [0, 0.05) is 37.9 Å². The van der Waals surface area contributed by atoms with Crippen LogP contribution in [0.3, 0.4) is 0 Å². The second-order valence-corrected chi connectivity index (χ2v) is 11.8. The summed E-state index contributed by atoms with van der Waals surface area (Å²) in [5.74, 6) is -0.0519. The number of pyridine rings is 1. The summed E-state index contributed by atoms with van der Waals surface area (Å²) >= 11 is 0.